The number of rotatable bonds is 22. The molecule has 33 heavy (non-hydrogen) atoms. The van der Waals surface area contributed by atoms with Gasteiger partial charge >= 0.3 is 8.56 Å². The third-order valence-corrected chi connectivity index (χ3v) is 10.1. The van der Waals surface area contributed by atoms with Gasteiger partial charge in [-0.05, 0) is 30.6 Å². The maximum atomic E-state index is 6.53. The lowest BCUT2D eigenvalue weighted by atomic mass is 10.0. The van der Waals surface area contributed by atoms with Crippen molar-refractivity contribution in [2.75, 3.05) is 20.8 Å². The quantitative estimate of drug-likeness (QED) is 0.122. The Morgan fingerprint density at radius 2 is 1.03 bits per heavy atom. The second kappa shape index (κ2) is 19.1. The van der Waals surface area contributed by atoms with Crippen molar-refractivity contribution in [1.82, 2.24) is 0 Å². The summed E-state index contributed by atoms with van der Waals surface area (Å²) in [5.41, 5.74) is 0. The highest BCUT2D eigenvalue weighted by atomic mass is 28.4. The van der Waals surface area contributed by atoms with Crippen LogP contribution in [-0.4, -0.2) is 29.4 Å². The second-order valence-corrected chi connectivity index (χ2v) is 12.9. The number of unbranched alkanes of at least 4 members (excludes halogenated alkanes) is 13. The van der Waals surface area contributed by atoms with Crippen LogP contribution in [0.5, 0.6) is 17.2 Å². The number of methoxy groups -OCH3 is 2. The van der Waals surface area contributed by atoms with Crippen molar-refractivity contribution in [3.05, 3.63) is 18.2 Å². The molecule has 192 valence electrons. The highest BCUT2D eigenvalue weighted by Crippen LogP contribution is 2.39. The minimum Gasteiger partial charge on any atom is -0.515 e. The zero-order valence-corrected chi connectivity index (χ0v) is 23.4. The van der Waals surface area contributed by atoms with Gasteiger partial charge in [0.2, 0.25) is 0 Å². The van der Waals surface area contributed by atoms with E-state index in [1.807, 2.05) is 18.2 Å². The molecule has 1 aromatic carbocycles. The van der Waals surface area contributed by atoms with Crippen LogP contribution in [0.4, 0.5) is 0 Å². The van der Waals surface area contributed by atoms with Gasteiger partial charge in [-0.25, -0.2) is 0 Å². The first kappa shape index (κ1) is 29.8. The van der Waals surface area contributed by atoms with Gasteiger partial charge in [-0.15, -0.1) is 0 Å². The molecule has 1 rings (SSSR count). The monoisotopic (exact) mass is 480 g/mol. The zero-order valence-electron chi connectivity index (χ0n) is 22.4. The first-order chi connectivity index (χ1) is 16.2. The first-order valence-electron chi connectivity index (χ1n) is 13.7. The molecule has 0 aliphatic heterocycles. The Morgan fingerprint density at radius 1 is 0.606 bits per heavy atom. The third kappa shape index (κ3) is 12.2. The largest absolute Gasteiger partial charge is 0.515 e. The first-order valence-corrected chi connectivity index (χ1v) is 15.9. The van der Waals surface area contributed by atoms with Crippen molar-refractivity contribution in [3.63, 3.8) is 0 Å². The van der Waals surface area contributed by atoms with E-state index >= 15 is 0 Å². The summed E-state index contributed by atoms with van der Waals surface area (Å²) in [6.07, 6.45) is 19.2. The van der Waals surface area contributed by atoms with Crippen molar-refractivity contribution in [2.45, 2.75) is 123 Å². The fourth-order valence-electron chi connectivity index (χ4n) is 4.29. The van der Waals surface area contributed by atoms with Gasteiger partial charge in [0.25, 0.3) is 0 Å². The summed E-state index contributed by atoms with van der Waals surface area (Å²) in [5.74, 6) is 2.08. The van der Waals surface area contributed by atoms with Crippen molar-refractivity contribution in [2.24, 2.45) is 0 Å². The standard InChI is InChI=1S/C28H52O4Si/c1-6-9-10-11-12-13-14-15-16-17-18-19-20-21-25-31-33(7-2,8-3)32-28-26(29-4)23-22-24-27(28)30-5/h22-24H,6-21,25H2,1-5H3. The molecule has 0 radical (unpaired) electrons. The molecule has 0 amide bonds. The SMILES string of the molecule is CCCCCCCCCCCCCCCCO[Si](CC)(CC)Oc1c(OC)cccc1OC. The third-order valence-electron chi connectivity index (χ3n) is 6.61. The molecule has 0 heterocycles. The lowest BCUT2D eigenvalue weighted by Crippen LogP contribution is -2.44. The Balaban J connectivity index is 2.22. The highest BCUT2D eigenvalue weighted by molar-refractivity contribution is 6.68. The fraction of sp³-hybridized carbons (Fsp3) is 0.786. The lowest BCUT2D eigenvalue weighted by Gasteiger charge is -2.30. The number of benzene rings is 1. The van der Waals surface area contributed by atoms with E-state index in [1.165, 1.54) is 83.5 Å². The topological polar surface area (TPSA) is 36.9 Å². The van der Waals surface area contributed by atoms with Crippen LogP contribution in [0.3, 0.4) is 0 Å². The van der Waals surface area contributed by atoms with E-state index in [9.17, 15) is 0 Å². The van der Waals surface area contributed by atoms with Gasteiger partial charge in [0.05, 0.1) is 14.2 Å². The van der Waals surface area contributed by atoms with E-state index in [4.69, 9.17) is 18.3 Å². The fourth-order valence-corrected chi connectivity index (χ4v) is 6.63. The molecule has 0 unspecified atom stereocenters. The summed E-state index contributed by atoms with van der Waals surface area (Å²) >= 11 is 0. The van der Waals surface area contributed by atoms with Crippen molar-refractivity contribution < 1.29 is 18.3 Å². The van der Waals surface area contributed by atoms with Crippen LogP contribution in [0, 0.1) is 0 Å². The number of ether oxygens (including phenoxy) is 2. The van der Waals surface area contributed by atoms with Gasteiger partial charge in [-0.1, -0.05) is 110 Å². The Labute approximate surface area is 206 Å². The average Bonchev–Trinajstić information content (AvgIpc) is 2.85. The van der Waals surface area contributed by atoms with Gasteiger partial charge in [0, 0.05) is 6.61 Å². The molecule has 0 bridgehead atoms. The maximum Gasteiger partial charge on any atom is 0.398 e. The molecule has 0 aliphatic rings. The van der Waals surface area contributed by atoms with E-state index in [0.717, 1.165) is 25.1 Å². The van der Waals surface area contributed by atoms with E-state index in [1.54, 1.807) is 14.2 Å². The van der Waals surface area contributed by atoms with Crippen LogP contribution >= 0.6 is 0 Å². The van der Waals surface area contributed by atoms with Gasteiger partial charge in [-0.3, -0.25) is 0 Å². The van der Waals surface area contributed by atoms with Crippen LogP contribution in [0.25, 0.3) is 0 Å². The summed E-state index contributed by atoms with van der Waals surface area (Å²) in [6, 6.07) is 7.56. The molecule has 0 saturated carbocycles. The second-order valence-electron chi connectivity index (χ2n) is 9.16. The van der Waals surface area contributed by atoms with E-state index in [-0.39, 0.29) is 0 Å². The predicted molar refractivity (Wildman–Crippen MR) is 143 cm³/mol. The smallest absolute Gasteiger partial charge is 0.398 e. The van der Waals surface area contributed by atoms with Crippen molar-refractivity contribution in [1.29, 1.82) is 0 Å². The molecule has 0 aromatic heterocycles. The normalized spacial score (nSPS) is 11.5. The minimum absolute atomic E-state index is 0.679. The summed E-state index contributed by atoms with van der Waals surface area (Å²) in [4.78, 5) is 0. The molecular weight excluding hydrogens is 428 g/mol. The lowest BCUT2D eigenvalue weighted by molar-refractivity contribution is 0.224. The Hall–Kier alpha value is -1.20. The maximum absolute atomic E-state index is 6.53. The van der Waals surface area contributed by atoms with Crippen LogP contribution in [0.1, 0.15) is 111 Å². The van der Waals surface area contributed by atoms with E-state index in [0.29, 0.717) is 17.2 Å². The predicted octanol–water partition coefficient (Wildman–Crippen LogP) is 9.06. The summed E-state index contributed by atoms with van der Waals surface area (Å²) in [5, 5.41) is 0. The molecule has 0 N–H and O–H groups in total. The molecule has 1 aromatic rings. The molecule has 0 atom stereocenters. The highest BCUT2D eigenvalue weighted by Gasteiger charge is 2.37. The van der Waals surface area contributed by atoms with Gasteiger partial charge in [0.1, 0.15) is 0 Å². The van der Waals surface area contributed by atoms with Crippen LogP contribution in [0.2, 0.25) is 12.1 Å². The van der Waals surface area contributed by atoms with Gasteiger partial charge in [0.15, 0.2) is 17.2 Å². The molecule has 0 fully saturated rings. The Kier molecular flexibility index (Phi) is 17.3. The van der Waals surface area contributed by atoms with Crippen molar-refractivity contribution in [3.8, 4) is 17.2 Å². The minimum atomic E-state index is -2.34. The average molecular weight is 481 g/mol. The molecule has 0 saturated heterocycles. The molecular formula is C28H52O4Si. The van der Waals surface area contributed by atoms with Crippen molar-refractivity contribution >= 4 is 8.56 Å². The van der Waals surface area contributed by atoms with Crippen LogP contribution < -0.4 is 13.9 Å². The van der Waals surface area contributed by atoms with Crippen LogP contribution in [0.15, 0.2) is 18.2 Å². The summed E-state index contributed by atoms with van der Waals surface area (Å²) in [6.45, 7) is 7.41. The summed E-state index contributed by atoms with van der Waals surface area (Å²) < 4.78 is 24.0. The number of hydrogen-bond acceptors (Lipinski definition) is 4. The van der Waals surface area contributed by atoms with E-state index < -0.39 is 8.56 Å². The summed E-state index contributed by atoms with van der Waals surface area (Å²) in [7, 11) is 0.985. The Bertz CT molecular complexity index is 567. The van der Waals surface area contributed by atoms with Crippen LogP contribution in [-0.2, 0) is 4.43 Å². The van der Waals surface area contributed by atoms with E-state index in [2.05, 4.69) is 20.8 Å². The molecule has 5 heteroatoms. The molecule has 4 nitrogen and oxygen atoms in total. The van der Waals surface area contributed by atoms with Gasteiger partial charge < -0.3 is 18.3 Å². The van der Waals surface area contributed by atoms with Gasteiger partial charge in [-0.2, -0.15) is 0 Å². The Morgan fingerprint density at radius 3 is 1.42 bits per heavy atom. The number of hydrogen-bond donors (Lipinski definition) is 0. The molecule has 0 aliphatic carbocycles. The zero-order chi connectivity index (χ0) is 24.2. The number of para-hydroxylation sites is 1. The molecule has 0 spiro atoms.